The van der Waals surface area contributed by atoms with E-state index < -0.39 is 22.8 Å². The van der Waals surface area contributed by atoms with Crippen LogP contribution in [0.5, 0.6) is 0 Å². The van der Waals surface area contributed by atoms with Crippen LogP contribution in [0.25, 0.3) is 11.0 Å². The number of nitrogens with one attached hydrogen (secondary N) is 1. The zero-order valence-electron chi connectivity index (χ0n) is 20.9. The molecule has 4 aromatic rings. The van der Waals surface area contributed by atoms with Crippen molar-refractivity contribution in [3.63, 3.8) is 0 Å². The fourth-order valence-corrected chi connectivity index (χ4v) is 4.73. The first kappa shape index (κ1) is 27.9. The molecule has 0 fully saturated rings. The van der Waals surface area contributed by atoms with Gasteiger partial charge in [0.25, 0.3) is 0 Å². The number of anilines is 3. The van der Waals surface area contributed by atoms with Gasteiger partial charge in [-0.3, -0.25) is 9.69 Å². The molecule has 0 bridgehead atoms. The van der Waals surface area contributed by atoms with Gasteiger partial charge in [-0.2, -0.15) is 0 Å². The Bertz CT molecular complexity index is 1570. The summed E-state index contributed by atoms with van der Waals surface area (Å²) in [5.74, 6) is -2.08. The zero-order chi connectivity index (χ0) is 27.9. The van der Waals surface area contributed by atoms with E-state index in [2.05, 4.69) is 26.2 Å². The highest BCUT2D eigenvalue weighted by molar-refractivity contribution is 9.10. The summed E-state index contributed by atoms with van der Waals surface area (Å²) in [5.41, 5.74) is 1.27. The summed E-state index contributed by atoms with van der Waals surface area (Å²) in [4.78, 5) is 30.3. The molecule has 198 valence electrons. The van der Waals surface area contributed by atoms with E-state index in [1.54, 1.807) is 28.6 Å². The first-order valence-corrected chi connectivity index (χ1v) is 13.0. The lowest BCUT2D eigenvalue weighted by molar-refractivity contribution is -0.128. The van der Waals surface area contributed by atoms with Crippen LogP contribution in [0, 0.1) is 11.2 Å². The highest BCUT2D eigenvalue weighted by Crippen LogP contribution is 2.45. The number of hydrogen-bond acceptors (Lipinski definition) is 4. The lowest BCUT2D eigenvalue weighted by Gasteiger charge is -2.27. The normalized spacial score (nSPS) is 11.6. The van der Waals surface area contributed by atoms with Gasteiger partial charge in [0.2, 0.25) is 11.9 Å². The molecule has 2 N–H and O–H groups in total. The molecule has 0 unspecified atom stereocenters. The first-order chi connectivity index (χ1) is 17.8. The highest BCUT2D eigenvalue weighted by Gasteiger charge is 2.27. The highest BCUT2D eigenvalue weighted by atomic mass is 79.9. The van der Waals surface area contributed by atoms with E-state index in [1.165, 1.54) is 6.07 Å². The van der Waals surface area contributed by atoms with Gasteiger partial charge in [-0.25, -0.2) is 14.2 Å². The van der Waals surface area contributed by atoms with Crippen molar-refractivity contribution in [2.75, 3.05) is 4.90 Å². The van der Waals surface area contributed by atoms with E-state index >= 15 is 0 Å². The number of carboxylic acid groups (broad SMARTS) is 1. The Morgan fingerprint density at radius 3 is 2.39 bits per heavy atom. The van der Waals surface area contributed by atoms with Gasteiger partial charge in [0.1, 0.15) is 5.82 Å². The van der Waals surface area contributed by atoms with Gasteiger partial charge in [0.05, 0.1) is 32.3 Å². The average molecular weight is 622 g/mol. The fraction of sp³-hybridized carbons (Fsp3) is 0.222. The molecule has 0 aliphatic carbocycles. The van der Waals surface area contributed by atoms with Crippen molar-refractivity contribution in [1.82, 2.24) is 14.9 Å². The van der Waals surface area contributed by atoms with Crippen molar-refractivity contribution < 1.29 is 19.1 Å². The summed E-state index contributed by atoms with van der Waals surface area (Å²) in [6, 6.07) is 13.1. The number of rotatable bonds is 6. The molecule has 1 amide bonds. The summed E-state index contributed by atoms with van der Waals surface area (Å²) in [6.07, 6.45) is 0. The lowest BCUT2D eigenvalue weighted by atomic mass is 9.95. The lowest BCUT2D eigenvalue weighted by Crippen LogP contribution is -2.34. The van der Waals surface area contributed by atoms with Gasteiger partial charge in [0.15, 0.2) is 0 Å². The minimum Gasteiger partial charge on any atom is -0.478 e. The van der Waals surface area contributed by atoms with Crippen LogP contribution in [-0.2, 0) is 18.4 Å². The first-order valence-electron chi connectivity index (χ1n) is 11.5. The van der Waals surface area contributed by atoms with E-state index in [4.69, 9.17) is 23.2 Å². The van der Waals surface area contributed by atoms with Crippen LogP contribution in [0.4, 0.5) is 21.7 Å². The molecule has 0 spiro atoms. The van der Waals surface area contributed by atoms with Crippen LogP contribution < -0.4 is 10.2 Å². The van der Waals surface area contributed by atoms with Gasteiger partial charge < -0.3 is 15.0 Å². The number of hydrogen-bond donors (Lipinski definition) is 2. The van der Waals surface area contributed by atoms with Crippen molar-refractivity contribution in [2.24, 2.45) is 12.5 Å². The molecule has 0 atom stereocenters. The SMILES string of the molecule is Cn1c(N(c2ccc(Br)cc2)c2c(Cl)ccc(CNC(=O)C(C)(C)C)c2Cl)nc2cc(C(=O)O)c(F)cc21. The molecule has 0 saturated carbocycles. The Morgan fingerprint density at radius 1 is 1.13 bits per heavy atom. The second-order valence-corrected chi connectivity index (χ2v) is 11.4. The Balaban J connectivity index is 1.92. The van der Waals surface area contributed by atoms with Crippen LogP contribution in [0.1, 0.15) is 36.7 Å². The summed E-state index contributed by atoms with van der Waals surface area (Å²) in [5, 5.41) is 12.9. The number of fused-ring (bicyclic) bond motifs is 1. The molecule has 11 heteroatoms. The number of nitrogens with zero attached hydrogens (tertiary/aromatic N) is 3. The van der Waals surface area contributed by atoms with Crippen LogP contribution >= 0.6 is 39.1 Å². The molecule has 1 aromatic heterocycles. The third-order valence-corrected chi connectivity index (χ3v) is 7.21. The molecule has 1 heterocycles. The quantitative estimate of drug-likeness (QED) is 0.231. The summed E-state index contributed by atoms with van der Waals surface area (Å²) in [7, 11) is 1.69. The summed E-state index contributed by atoms with van der Waals surface area (Å²) < 4.78 is 17.0. The predicted octanol–water partition coefficient (Wildman–Crippen LogP) is 7.61. The molecule has 38 heavy (non-hydrogen) atoms. The zero-order valence-corrected chi connectivity index (χ0v) is 24.0. The van der Waals surface area contributed by atoms with Crippen LogP contribution in [-0.4, -0.2) is 26.5 Å². The molecule has 0 radical (unpaired) electrons. The minimum atomic E-state index is -1.39. The van der Waals surface area contributed by atoms with Gasteiger partial charge in [-0.1, -0.05) is 66.0 Å². The van der Waals surface area contributed by atoms with Crippen molar-refractivity contribution in [3.05, 3.63) is 80.0 Å². The average Bonchev–Trinajstić information content (AvgIpc) is 3.15. The van der Waals surface area contributed by atoms with E-state index in [1.807, 2.05) is 45.0 Å². The third kappa shape index (κ3) is 5.36. The second kappa shape index (κ2) is 10.6. The number of amides is 1. The van der Waals surface area contributed by atoms with Gasteiger partial charge >= 0.3 is 5.97 Å². The van der Waals surface area contributed by atoms with Crippen molar-refractivity contribution in [3.8, 4) is 0 Å². The molecule has 3 aromatic carbocycles. The maximum Gasteiger partial charge on any atom is 0.338 e. The largest absolute Gasteiger partial charge is 0.478 e. The Labute approximate surface area is 237 Å². The van der Waals surface area contributed by atoms with E-state index in [0.29, 0.717) is 38.4 Å². The fourth-order valence-electron chi connectivity index (χ4n) is 3.86. The Hall–Kier alpha value is -3.14. The van der Waals surface area contributed by atoms with Crippen molar-refractivity contribution in [2.45, 2.75) is 27.3 Å². The Morgan fingerprint density at radius 2 is 1.79 bits per heavy atom. The number of carbonyl (C=O) groups is 2. The topological polar surface area (TPSA) is 87.5 Å². The number of carbonyl (C=O) groups excluding carboxylic acids is 1. The smallest absolute Gasteiger partial charge is 0.338 e. The van der Waals surface area contributed by atoms with Crippen LogP contribution in [0.15, 0.2) is 53.0 Å². The molecule has 0 aliphatic heterocycles. The van der Waals surface area contributed by atoms with E-state index in [0.717, 1.165) is 10.5 Å². The number of aromatic nitrogens is 2. The number of halogens is 4. The van der Waals surface area contributed by atoms with E-state index in [-0.39, 0.29) is 18.0 Å². The maximum absolute atomic E-state index is 14.5. The summed E-state index contributed by atoms with van der Waals surface area (Å²) >= 11 is 17.1. The molecular weight excluding hydrogens is 598 g/mol. The van der Waals surface area contributed by atoms with E-state index in [9.17, 15) is 19.1 Å². The number of carboxylic acids is 1. The number of aromatic carboxylic acids is 1. The van der Waals surface area contributed by atoms with Gasteiger partial charge in [-0.15, -0.1) is 0 Å². The van der Waals surface area contributed by atoms with Gasteiger partial charge in [0, 0.05) is 35.2 Å². The standard InChI is InChI=1S/C27H24BrCl2FN4O3/c1-27(2,3)25(38)32-13-14-5-10-18(29)23(22(14)30)35(16-8-6-15(28)7-9-16)26-33-20-11-17(24(36)37)19(31)12-21(20)34(26)4/h5-12H,13H2,1-4H3,(H,32,38)(H,36,37). The molecule has 0 aliphatic rings. The van der Waals surface area contributed by atoms with Gasteiger partial charge in [-0.05, 0) is 42.0 Å². The second-order valence-electron chi connectivity index (χ2n) is 9.71. The summed E-state index contributed by atoms with van der Waals surface area (Å²) in [6.45, 7) is 5.62. The Kier molecular flexibility index (Phi) is 7.74. The third-order valence-electron chi connectivity index (χ3n) is 5.95. The molecule has 7 nitrogen and oxygen atoms in total. The monoisotopic (exact) mass is 620 g/mol. The van der Waals surface area contributed by atoms with Crippen LogP contribution in [0.2, 0.25) is 10.0 Å². The molecule has 4 rings (SSSR count). The minimum absolute atomic E-state index is 0.138. The maximum atomic E-state index is 14.5. The number of aryl methyl sites for hydroxylation is 1. The molecular formula is C27H24BrCl2FN4O3. The molecule has 0 saturated heterocycles. The number of imidazole rings is 1. The number of benzene rings is 3. The predicted molar refractivity (Wildman–Crippen MR) is 151 cm³/mol. The van der Waals surface area contributed by atoms with Crippen LogP contribution in [0.3, 0.4) is 0 Å². The van der Waals surface area contributed by atoms with Crippen molar-refractivity contribution >= 4 is 79.4 Å². The van der Waals surface area contributed by atoms with Crippen molar-refractivity contribution in [1.29, 1.82) is 0 Å².